The second kappa shape index (κ2) is 8.32. The highest BCUT2D eigenvalue weighted by Crippen LogP contribution is 2.34. The highest BCUT2D eigenvalue weighted by Gasteiger charge is 2.20. The van der Waals surface area contributed by atoms with E-state index in [4.69, 9.17) is 0 Å². The second-order valence-electron chi connectivity index (χ2n) is 7.90. The van der Waals surface area contributed by atoms with E-state index >= 15 is 0 Å². The van der Waals surface area contributed by atoms with Crippen molar-refractivity contribution in [3.8, 4) is 0 Å². The predicted octanol–water partition coefficient (Wildman–Crippen LogP) is 6.59. The summed E-state index contributed by atoms with van der Waals surface area (Å²) >= 11 is 0. The summed E-state index contributed by atoms with van der Waals surface area (Å²) in [4.78, 5) is 0. The van der Waals surface area contributed by atoms with Crippen molar-refractivity contribution < 1.29 is 0 Å². The zero-order valence-corrected chi connectivity index (χ0v) is 13.5. The fraction of sp³-hybridized carbons (Fsp3) is 1.00. The van der Waals surface area contributed by atoms with Crippen molar-refractivity contribution in [2.24, 2.45) is 23.7 Å². The predicted molar refractivity (Wildman–Crippen MR) is 85.3 cm³/mol. The first kappa shape index (κ1) is 15.4. The van der Waals surface area contributed by atoms with Crippen molar-refractivity contribution >= 4 is 0 Å². The molecule has 0 heterocycles. The van der Waals surface area contributed by atoms with E-state index in [0.29, 0.717) is 0 Å². The smallest absolute Gasteiger partial charge is 0.0412 e. The highest BCUT2D eigenvalue weighted by molar-refractivity contribution is 4.73. The zero-order valence-electron chi connectivity index (χ0n) is 13.5. The number of hydrogen-bond donors (Lipinski definition) is 0. The molecule has 0 unspecified atom stereocenters. The molecule has 0 atom stereocenters. The molecule has 0 aromatic carbocycles. The largest absolute Gasteiger partial charge is 0.0625 e. The lowest BCUT2D eigenvalue weighted by Crippen LogP contribution is -2.14. The normalized spacial score (nSPS) is 38.8. The van der Waals surface area contributed by atoms with E-state index < -0.39 is 0 Å². The van der Waals surface area contributed by atoms with Gasteiger partial charge in [-0.3, -0.25) is 0 Å². The van der Waals surface area contributed by atoms with Crippen molar-refractivity contribution in [3.63, 3.8) is 0 Å². The van der Waals surface area contributed by atoms with Gasteiger partial charge >= 0.3 is 0 Å². The van der Waals surface area contributed by atoms with Gasteiger partial charge in [0.05, 0.1) is 0 Å². The molecule has 2 saturated carbocycles. The van der Waals surface area contributed by atoms with Crippen LogP contribution in [0.15, 0.2) is 0 Å². The van der Waals surface area contributed by atoms with Crippen LogP contribution in [0.25, 0.3) is 0 Å². The first-order valence-corrected chi connectivity index (χ1v) is 9.24. The third kappa shape index (κ3) is 5.88. The molecule has 0 spiro atoms. The maximum absolute atomic E-state index is 2.45. The molecular formula is C19H36. The van der Waals surface area contributed by atoms with Crippen LogP contribution in [-0.2, 0) is 0 Å². The minimum Gasteiger partial charge on any atom is -0.0625 e. The summed E-state index contributed by atoms with van der Waals surface area (Å²) in [6, 6.07) is 0. The van der Waals surface area contributed by atoms with Gasteiger partial charge in [-0.05, 0) is 30.1 Å². The summed E-state index contributed by atoms with van der Waals surface area (Å²) in [5.74, 6) is 4.16. The molecule has 0 bridgehead atoms. The first-order valence-electron chi connectivity index (χ1n) is 9.24. The average Bonchev–Trinajstić information content (AvgIpc) is 2.32. The average molecular weight is 264 g/mol. The van der Waals surface area contributed by atoms with Gasteiger partial charge in [-0.25, -0.2) is 0 Å². The molecule has 19 heavy (non-hydrogen) atoms. The lowest BCUT2D eigenvalue weighted by atomic mass is 9.78. The van der Waals surface area contributed by atoms with Gasteiger partial charge in [0, 0.05) is 0 Å². The van der Waals surface area contributed by atoms with Gasteiger partial charge in [0.1, 0.15) is 0 Å². The second-order valence-corrected chi connectivity index (χ2v) is 7.90. The van der Waals surface area contributed by atoms with Crippen LogP contribution in [0.2, 0.25) is 0 Å². The molecule has 0 heteroatoms. The Morgan fingerprint density at radius 1 is 0.526 bits per heavy atom. The molecule has 0 nitrogen and oxygen atoms in total. The molecular weight excluding hydrogens is 228 g/mol. The molecule has 2 aliphatic rings. The molecule has 0 aromatic heterocycles. The molecule has 0 aromatic rings. The summed E-state index contributed by atoms with van der Waals surface area (Å²) in [6.45, 7) is 4.91. The Morgan fingerprint density at radius 3 is 1.16 bits per heavy atom. The van der Waals surface area contributed by atoms with E-state index in [9.17, 15) is 0 Å². The molecule has 2 rings (SSSR count). The SMILES string of the molecule is CC1CCCC(CC2CCCC(C)CCC2)CCC1. The zero-order chi connectivity index (χ0) is 13.5. The maximum atomic E-state index is 2.45. The summed E-state index contributed by atoms with van der Waals surface area (Å²) in [7, 11) is 0. The van der Waals surface area contributed by atoms with Gasteiger partial charge in [-0.2, -0.15) is 0 Å². The van der Waals surface area contributed by atoms with Gasteiger partial charge in [-0.15, -0.1) is 0 Å². The van der Waals surface area contributed by atoms with Crippen molar-refractivity contribution in [3.05, 3.63) is 0 Å². The van der Waals surface area contributed by atoms with Crippen molar-refractivity contribution in [1.29, 1.82) is 0 Å². The Balaban J connectivity index is 1.72. The molecule has 2 fully saturated rings. The van der Waals surface area contributed by atoms with Crippen molar-refractivity contribution in [2.75, 3.05) is 0 Å². The fourth-order valence-electron chi connectivity index (χ4n) is 4.54. The van der Waals surface area contributed by atoms with Crippen molar-refractivity contribution in [1.82, 2.24) is 0 Å². The standard InChI is InChI=1S/C19H36/c1-16-7-3-11-18(12-4-8-16)15-19-13-5-9-17(2)10-6-14-19/h16-19H,3-15H2,1-2H3. The summed E-state index contributed by atoms with van der Waals surface area (Å²) in [5.41, 5.74) is 0. The summed E-state index contributed by atoms with van der Waals surface area (Å²) < 4.78 is 0. The van der Waals surface area contributed by atoms with Crippen LogP contribution in [0.5, 0.6) is 0 Å². The maximum Gasteiger partial charge on any atom is -0.0412 e. The Morgan fingerprint density at radius 2 is 0.842 bits per heavy atom. The molecule has 112 valence electrons. The minimum atomic E-state index is 1.00. The first-order chi connectivity index (χ1) is 9.24. The van der Waals surface area contributed by atoms with Gasteiger partial charge in [0.15, 0.2) is 0 Å². The fourth-order valence-corrected chi connectivity index (χ4v) is 4.54. The van der Waals surface area contributed by atoms with Crippen molar-refractivity contribution in [2.45, 2.75) is 97.3 Å². The Hall–Kier alpha value is 0. The Kier molecular flexibility index (Phi) is 6.74. The van der Waals surface area contributed by atoms with Crippen LogP contribution in [0.3, 0.4) is 0 Å². The van der Waals surface area contributed by atoms with E-state index in [1.54, 1.807) is 6.42 Å². The topological polar surface area (TPSA) is 0 Å². The third-order valence-corrected chi connectivity index (χ3v) is 5.90. The van der Waals surface area contributed by atoms with Gasteiger partial charge in [0.2, 0.25) is 0 Å². The molecule has 2 aliphatic carbocycles. The van der Waals surface area contributed by atoms with Crippen LogP contribution >= 0.6 is 0 Å². The Labute approximate surface area is 121 Å². The Bertz CT molecular complexity index is 188. The van der Waals surface area contributed by atoms with E-state index in [1.165, 1.54) is 77.0 Å². The molecule has 0 radical (unpaired) electrons. The van der Waals surface area contributed by atoms with E-state index in [-0.39, 0.29) is 0 Å². The molecule has 0 saturated heterocycles. The third-order valence-electron chi connectivity index (χ3n) is 5.90. The summed E-state index contributed by atoms with van der Waals surface area (Å²) in [6.07, 6.45) is 19.8. The number of hydrogen-bond acceptors (Lipinski definition) is 0. The molecule has 0 amide bonds. The number of rotatable bonds is 2. The van der Waals surface area contributed by atoms with Crippen LogP contribution in [-0.4, -0.2) is 0 Å². The lowest BCUT2D eigenvalue weighted by Gasteiger charge is -2.28. The van der Waals surface area contributed by atoms with Crippen LogP contribution in [0.1, 0.15) is 97.3 Å². The monoisotopic (exact) mass is 264 g/mol. The van der Waals surface area contributed by atoms with Crippen LogP contribution in [0, 0.1) is 23.7 Å². The van der Waals surface area contributed by atoms with E-state index in [1.807, 2.05) is 0 Å². The summed E-state index contributed by atoms with van der Waals surface area (Å²) in [5, 5.41) is 0. The van der Waals surface area contributed by atoms with E-state index in [2.05, 4.69) is 13.8 Å². The minimum absolute atomic E-state index is 1.00. The van der Waals surface area contributed by atoms with E-state index in [0.717, 1.165) is 23.7 Å². The van der Waals surface area contributed by atoms with Crippen LogP contribution < -0.4 is 0 Å². The molecule has 0 aliphatic heterocycles. The van der Waals surface area contributed by atoms with Crippen LogP contribution in [0.4, 0.5) is 0 Å². The van der Waals surface area contributed by atoms with Gasteiger partial charge in [-0.1, -0.05) is 90.9 Å². The van der Waals surface area contributed by atoms with Gasteiger partial charge in [0.25, 0.3) is 0 Å². The van der Waals surface area contributed by atoms with Gasteiger partial charge < -0.3 is 0 Å². The highest BCUT2D eigenvalue weighted by atomic mass is 14.3. The lowest BCUT2D eigenvalue weighted by molar-refractivity contribution is 0.243. The molecule has 0 N–H and O–H groups in total. The quantitative estimate of drug-likeness (QED) is 0.528.